The van der Waals surface area contributed by atoms with Crippen LogP contribution in [0.3, 0.4) is 0 Å². The Bertz CT molecular complexity index is 1410. The molecule has 1 amide bonds. The monoisotopic (exact) mass is 517 g/mol. The number of benzene rings is 3. The fourth-order valence-corrected chi connectivity index (χ4v) is 4.46. The molecule has 0 bridgehead atoms. The van der Waals surface area contributed by atoms with Crippen molar-refractivity contribution in [2.45, 2.75) is 20.5 Å². The van der Waals surface area contributed by atoms with Crippen molar-refractivity contribution in [3.8, 4) is 5.75 Å². The van der Waals surface area contributed by atoms with E-state index in [9.17, 15) is 19.1 Å². The standard InChI is InChI=1S/C29H24FNO5S/c1-3-35-29(34)25-26(32)24(37-28(25)31-27(33)20-12-8-18(2)9-13-20)16-21-6-4-5-7-23(21)36-17-19-10-14-22(30)15-11-19/h4-16,32H,3,17H2,1-2H3/b24-16-,31-28?. The van der Waals surface area contributed by atoms with E-state index in [-0.39, 0.29) is 35.4 Å². The third kappa shape index (κ3) is 6.34. The highest BCUT2D eigenvalue weighted by molar-refractivity contribution is 8.18. The van der Waals surface area contributed by atoms with Gasteiger partial charge in [-0.1, -0.05) is 59.8 Å². The predicted molar refractivity (Wildman–Crippen MR) is 142 cm³/mol. The summed E-state index contributed by atoms with van der Waals surface area (Å²) in [6.45, 7) is 3.86. The lowest BCUT2D eigenvalue weighted by Gasteiger charge is -2.10. The lowest BCUT2D eigenvalue weighted by Crippen LogP contribution is -2.14. The second kappa shape index (κ2) is 11.7. The van der Waals surface area contributed by atoms with E-state index in [2.05, 4.69) is 4.99 Å². The van der Waals surface area contributed by atoms with Crippen molar-refractivity contribution in [2.75, 3.05) is 6.61 Å². The van der Waals surface area contributed by atoms with E-state index in [1.807, 2.05) is 6.92 Å². The van der Waals surface area contributed by atoms with Crippen LogP contribution in [0.2, 0.25) is 0 Å². The number of carbonyl (C=O) groups is 2. The molecule has 0 saturated heterocycles. The number of aryl methyl sites for hydroxylation is 1. The Kier molecular flexibility index (Phi) is 8.20. The van der Waals surface area contributed by atoms with E-state index < -0.39 is 11.9 Å². The number of aliphatic imine (C=N–C) groups is 1. The van der Waals surface area contributed by atoms with Gasteiger partial charge in [-0.2, -0.15) is 0 Å². The fraction of sp³-hybridized carbons (Fsp3) is 0.138. The summed E-state index contributed by atoms with van der Waals surface area (Å²) in [5, 5.41) is 11.0. The maximum Gasteiger partial charge on any atom is 0.344 e. The molecule has 0 aliphatic carbocycles. The molecule has 188 valence electrons. The molecule has 4 rings (SSSR count). The molecule has 3 aromatic rings. The van der Waals surface area contributed by atoms with Gasteiger partial charge in [0, 0.05) is 11.1 Å². The zero-order valence-electron chi connectivity index (χ0n) is 20.2. The molecule has 0 aromatic heterocycles. The number of esters is 1. The summed E-state index contributed by atoms with van der Waals surface area (Å²) in [7, 11) is 0. The third-order valence-corrected chi connectivity index (χ3v) is 6.40. The Labute approximate surface area is 218 Å². The van der Waals surface area contributed by atoms with Crippen LogP contribution < -0.4 is 4.74 Å². The second-order valence-corrected chi connectivity index (χ2v) is 9.13. The number of hydrogen-bond donors (Lipinski definition) is 1. The Morgan fingerprint density at radius 2 is 1.73 bits per heavy atom. The van der Waals surface area contributed by atoms with E-state index in [4.69, 9.17) is 9.47 Å². The van der Waals surface area contributed by atoms with Gasteiger partial charge in [-0.15, -0.1) is 0 Å². The van der Waals surface area contributed by atoms with Crippen molar-refractivity contribution < 1.29 is 28.6 Å². The molecule has 0 fully saturated rings. The minimum Gasteiger partial charge on any atom is -0.506 e. The highest BCUT2D eigenvalue weighted by Crippen LogP contribution is 2.40. The lowest BCUT2D eigenvalue weighted by molar-refractivity contribution is -0.138. The summed E-state index contributed by atoms with van der Waals surface area (Å²) >= 11 is 0.995. The van der Waals surface area contributed by atoms with Crippen LogP contribution >= 0.6 is 11.8 Å². The molecule has 1 N–H and O–H groups in total. The number of rotatable bonds is 7. The number of aliphatic hydroxyl groups is 1. The number of amides is 1. The van der Waals surface area contributed by atoms with E-state index >= 15 is 0 Å². The summed E-state index contributed by atoms with van der Waals surface area (Å²) in [5.74, 6) is -1.45. The quantitative estimate of drug-likeness (QED) is 0.364. The smallest absolute Gasteiger partial charge is 0.344 e. The van der Waals surface area contributed by atoms with E-state index in [0.29, 0.717) is 21.8 Å². The van der Waals surface area contributed by atoms with Crippen molar-refractivity contribution in [1.82, 2.24) is 0 Å². The first kappa shape index (κ1) is 25.9. The summed E-state index contributed by atoms with van der Waals surface area (Å²) in [6, 6.07) is 20.0. The number of ether oxygens (including phenoxy) is 2. The number of halogens is 1. The van der Waals surface area contributed by atoms with Gasteiger partial charge in [0.05, 0.1) is 11.5 Å². The minimum absolute atomic E-state index is 0.0532. The van der Waals surface area contributed by atoms with Crippen LogP contribution in [0.4, 0.5) is 4.39 Å². The zero-order valence-corrected chi connectivity index (χ0v) is 21.0. The van der Waals surface area contributed by atoms with E-state index in [1.54, 1.807) is 73.7 Å². The van der Waals surface area contributed by atoms with Gasteiger partial charge >= 0.3 is 5.97 Å². The number of aliphatic hydroxyl groups excluding tert-OH is 1. The number of hydrogen-bond acceptors (Lipinski definition) is 6. The van der Waals surface area contributed by atoms with Crippen LogP contribution in [0.15, 0.2) is 94.0 Å². The van der Waals surface area contributed by atoms with Gasteiger partial charge in [0.25, 0.3) is 5.91 Å². The molecule has 1 aliphatic heterocycles. The Hall–Kier alpha value is -4.17. The van der Waals surface area contributed by atoms with Crippen LogP contribution in [-0.2, 0) is 16.1 Å². The van der Waals surface area contributed by atoms with Crippen molar-refractivity contribution in [2.24, 2.45) is 4.99 Å². The number of thioether (sulfide) groups is 1. The highest BCUT2D eigenvalue weighted by atomic mass is 32.2. The molecule has 0 atom stereocenters. The molecule has 37 heavy (non-hydrogen) atoms. The Morgan fingerprint density at radius 3 is 2.43 bits per heavy atom. The lowest BCUT2D eigenvalue weighted by atomic mass is 10.1. The summed E-state index contributed by atoms with van der Waals surface area (Å²) in [6.07, 6.45) is 1.65. The molecule has 0 saturated carbocycles. The van der Waals surface area contributed by atoms with Crippen LogP contribution in [0, 0.1) is 12.7 Å². The molecule has 8 heteroatoms. The average Bonchev–Trinajstić information content (AvgIpc) is 3.19. The summed E-state index contributed by atoms with van der Waals surface area (Å²) < 4.78 is 24.2. The fourth-order valence-electron chi connectivity index (χ4n) is 3.46. The topological polar surface area (TPSA) is 85.2 Å². The molecule has 1 heterocycles. The van der Waals surface area contributed by atoms with Gasteiger partial charge in [-0.05, 0) is 55.8 Å². The zero-order chi connectivity index (χ0) is 26.4. The highest BCUT2D eigenvalue weighted by Gasteiger charge is 2.34. The molecule has 0 spiro atoms. The molecule has 0 unspecified atom stereocenters. The molecule has 3 aromatic carbocycles. The van der Waals surface area contributed by atoms with Crippen molar-refractivity contribution in [3.05, 3.63) is 117 Å². The third-order valence-electron chi connectivity index (χ3n) is 5.39. The van der Waals surface area contributed by atoms with Gasteiger partial charge in [0.15, 0.2) is 0 Å². The first-order valence-corrected chi connectivity index (χ1v) is 12.3. The Morgan fingerprint density at radius 1 is 1.03 bits per heavy atom. The number of para-hydroxylation sites is 1. The normalized spacial score (nSPS) is 15.3. The Balaban J connectivity index is 1.65. The molecular formula is C29H24FNO5S. The van der Waals surface area contributed by atoms with Gasteiger partial charge in [-0.25, -0.2) is 14.2 Å². The van der Waals surface area contributed by atoms with E-state index in [0.717, 1.165) is 22.9 Å². The minimum atomic E-state index is -0.771. The van der Waals surface area contributed by atoms with Gasteiger partial charge in [0.1, 0.15) is 34.5 Å². The second-order valence-electron chi connectivity index (χ2n) is 8.10. The van der Waals surface area contributed by atoms with Crippen LogP contribution in [0.5, 0.6) is 5.75 Å². The molecule has 6 nitrogen and oxygen atoms in total. The van der Waals surface area contributed by atoms with Gasteiger partial charge < -0.3 is 14.6 Å². The van der Waals surface area contributed by atoms with E-state index in [1.165, 1.54) is 12.1 Å². The van der Waals surface area contributed by atoms with Crippen LogP contribution in [0.1, 0.15) is 34.0 Å². The largest absolute Gasteiger partial charge is 0.506 e. The van der Waals surface area contributed by atoms with Crippen molar-refractivity contribution in [1.29, 1.82) is 0 Å². The molecular weight excluding hydrogens is 493 g/mol. The maximum atomic E-state index is 13.2. The molecule has 1 aliphatic rings. The number of carbonyl (C=O) groups excluding carboxylic acids is 2. The summed E-state index contributed by atoms with van der Waals surface area (Å²) in [5.41, 5.74) is 2.61. The number of nitrogens with zero attached hydrogens (tertiary/aromatic N) is 1. The van der Waals surface area contributed by atoms with Gasteiger partial charge in [-0.3, -0.25) is 4.79 Å². The predicted octanol–water partition coefficient (Wildman–Crippen LogP) is 6.41. The maximum absolute atomic E-state index is 13.2. The van der Waals surface area contributed by atoms with Gasteiger partial charge in [0.2, 0.25) is 0 Å². The first-order valence-electron chi connectivity index (χ1n) is 11.5. The SMILES string of the molecule is CCOC(=O)C1=C(O)/C(=C/c2ccccc2OCc2ccc(F)cc2)SC1=NC(=O)c1ccc(C)cc1. The van der Waals surface area contributed by atoms with Crippen molar-refractivity contribution in [3.63, 3.8) is 0 Å². The summed E-state index contributed by atoms with van der Waals surface area (Å²) in [4.78, 5) is 29.9. The molecule has 0 radical (unpaired) electrons. The average molecular weight is 518 g/mol. The van der Waals surface area contributed by atoms with Crippen molar-refractivity contribution >= 4 is 34.8 Å². The van der Waals surface area contributed by atoms with Crippen LogP contribution in [-0.4, -0.2) is 28.6 Å². The van der Waals surface area contributed by atoms with Crippen LogP contribution in [0.25, 0.3) is 6.08 Å². The first-order chi connectivity index (χ1) is 17.9.